The topological polar surface area (TPSA) is 138 Å². The maximum atomic E-state index is 11.9. The van der Waals surface area contributed by atoms with Crippen molar-refractivity contribution in [1.29, 1.82) is 0 Å². The second-order valence-electron chi connectivity index (χ2n) is 3.51. The summed E-state index contributed by atoms with van der Waals surface area (Å²) in [5, 5.41) is 13.7. The molecule has 1 rings (SSSR count). The number of aliphatic carboxylic acids is 1. The highest BCUT2D eigenvalue weighted by Gasteiger charge is 2.28. The molecule has 3 N–H and O–H groups in total. The van der Waals surface area contributed by atoms with Gasteiger partial charge >= 0.3 is 11.9 Å². The number of nitrogens with one attached hydrogen (secondary N) is 2. The maximum absolute atomic E-state index is 11.9. The Kier molecular flexibility index (Phi) is 4.62. The van der Waals surface area contributed by atoms with E-state index in [2.05, 4.69) is 14.9 Å². The Labute approximate surface area is 109 Å². The number of carboxylic acid groups (broad SMARTS) is 1. The van der Waals surface area contributed by atoms with Crippen LogP contribution in [0.15, 0.2) is 11.2 Å². The Morgan fingerprint density at radius 3 is 2.74 bits per heavy atom. The summed E-state index contributed by atoms with van der Waals surface area (Å²) in [4.78, 5) is 22.1. The van der Waals surface area contributed by atoms with Gasteiger partial charge in [-0.3, -0.25) is 9.89 Å². The number of carboxylic acids is 1. The van der Waals surface area contributed by atoms with Gasteiger partial charge in [0.05, 0.1) is 12.8 Å². The molecule has 0 bridgehead atoms. The van der Waals surface area contributed by atoms with E-state index in [0.717, 1.165) is 13.1 Å². The van der Waals surface area contributed by atoms with Crippen LogP contribution in [0.25, 0.3) is 0 Å². The van der Waals surface area contributed by atoms with Gasteiger partial charge in [-0.15, -0.1) is 0 Å². The fraction of sp³-hybridized carbons (Fsp3) is 0.444. The second kappa shape index (κ2) is 5.80. The van der Waals surface area contributed by atoms with Crippen molar-refractivity contribution in [1.82, 2.24) is 14.9 Å². The van der Waals surface area contributed by atoms with Gasteiger partial charge in [-0.1, -0.05) is 0 Å². The molecule has 0 saturated heterocycles. The lowest BCUT2D eigenvalue weighted by Crippen LogP contribution is -2.39. The fourth-order valence-corrected chi connectivity index (χ4v) is 2.46. The second-order valence-corrected chi connectivity index (χ2v) is 5.17. The predicted octanol–water partition coefficient (Wildman–Crippen LogP) is -0.662. The molecule has 0 aliphatic rings. The van der Waals surface area contributed by atoms with Crippen LogP contribution in [0.1, 0.15) is 24.2 Å². The molecule has 0 saturated carbocycles. The van der Waals surface area contributed by atoms with E-state index in [1.54, 1.807) is 6.92 Å². The summed E-state index contributed by atoms with van der Waals surface area (Å²) in [6.07, 6.45) is 0.998. The summed E-state index contributed by atoms with van der Waals surface area (Å²) < 4.78 is 30.3. The largest absolute Gasteiger partial charge is 0.480 e. The number of carbonyl (C=O) groups excluding carboxylic acids is 1. The minimum absolute atomic E-state index is 0.0719. The molecule has 9 nitrogen and oxygen atoms in total. The van der Waals surface area contributed by atoms with Crippen LogP contribution in [0, 0.1) is 0 Å². The molecule has 0 radical (unpaired) electrons. The highest BCUT2D eigenvalue weighted by molar-refractivity contribution is 7.89. The van der Waals surface area contributed by atoms with Crippen molar-refractivity contribution in [3.63, 3.8) is 0 Å². The van der Waals surface area contributed by atoms with E-state index in [1.165, 1.54) is 0 Å². The lowest BCUT2D eigenvalue weighted by molar-refractivity contribution is -0.138. The summed E-state index contributed by atoms with van der Waals surface area (Å²) in [6, 6.07) is -1.34. The van der Waals surface area contributed by atoms with Crippen molar-refractivity contribution in [2.75, 3.05) is 6.61 Å². The van der Waals surface area contributed by atoms with Gasteiger partial charge < -0.3 is 9.84 Å². The molecule has 0 fully saturated rings. The van der Waals surface area contributed by atoms with E-state index in [0.29, 0.717) is 0 Å². The SMILES string of the molecule is CCOC(=O)c1cn[nH]c1S(=O)(=O)NC(C)C(=O)O. The molecule has 10 heteroatoms. The van der Waals surface area contributed by atoms with E-state index >= 15 is 0 Å². The molecular weight excluding hydrogens is 278 g/mol. The van der Waals surface area contributed by atoms with Gasteiger partial charge in [-0.05, 0) is 13.8 Å². The first-order valence-corrected chi connectivity index (χ1v) is 6.73. The number of aromatic nitrogens is 2. The molecule has 106 valence electrons. The van der Waals surface area contributed by atoms with E-state index in [4.69, 9.17) is 5.11 Å². The normalized spacial score (nSPS) is 12.9. The van der Waals surface area contributed by atoms with Crippen molar-refractivity contribution in [3.8, 4) is 0 Å². The van der Waals surface area contributed by atoms with Crippen molar-refractivity contribution >= 4 is 22.0 Å². The van der Waals surface area contributed by atoms with Gasteiger partial charge in [0.25, 0.3) is 10.0 Å². The van der Waals surface area contributed by atoms with E-state index in [-0.39, 0.29) is 12.2 Å². The van der Waals surface area contributed by atoms with Crippen LogP contribution in [0.4, 0.5) is 0 Å². The first-order chi connectivity index (χ1) is 8.79. The number of nitrogens with zero attached hydrogens (tertiary/aromatic N) is 1. The van der Waals surface area contributed by atoms with Crippen LogP contribution < -0.4 is 4.72 Å². The molecule has 0 aliphatic carbocycles. The molecule has 1 atom stereocenters. The van der Waals surface area contributed by atoms with Gasteiger partial charge in [0, 0.05) is 0 Å². The Hall–Kier alpha value is -1.94. The highest BCUT2D eigenvalue weighted by Crippen LogP contribution is 2.13. The lowest BCUT2D eigenvalue weighted by atomic mass is 10.4. The average molecular weight is 291 g/mol. The van der Waals surface area contributed by atoms with Crippen molar-refractivity contribution < 1.29 is 27.9 Å². The molecule has 1 heterocycles. The van der Waals surface area contributed by atoms with E-state index in [9.17, 15) is 18.0 Å². The zero-order valence-electron chi connectivity index (χ0n) is 10.2. The fourth-order valence-electron chi connectivity index (χ4n) is 1.18. The number of aromatic amines is 1. The van der Waals surface area contributed by atoms with Gasteiger partial charge in [-0.25, -0.2) is 13.2 Å². The molecule has 19 heavy (non-hydrogen) atoms. The van der Waals surface area contributed by atoms with Crippen molar-refractivity contribution in [2.24, 2.45) is 0 Å². The Morgan fingerprint density at radius 1 is 1.58 bits per heavy atom. The van der Waals surface area contributed by atoms with E-state index in [1.807, 2.05) is 4.72 Å². The zero-order chi connectivity index (χ0) is 14.6. The summed E-state index contributed by atoms with van der Waals surface area (Å²) in [5.41, 5.74) is -0.285. The number of rotatable bonds is 6. The summed E-state index contributed by atoms with van der Waals surface area (Å²) >= 11 is 0. The maximum Gasteiger partial charge on any atom is 0.342 e. The Balaban J connectivity index is 3.06. The van der Waals surface area contributed by atoms with Crippen LogP contribution in [0.2, 0.25) is 0 Å². The molecular formula is C9H13N3O6S. The molecule has 1 aromatic heterocycles. The van der Waals surface area contributed by atoms with Crippen molar-refractivity contribution in [3.05, 3.63) is 11.8 Å². The monoisotopic (exact) mass is 291 g/mol. The van der Waals surface area contributed by atoms with Crippen LogP contribution in [0.5, 0.6) is 0 Å². The number of hydrogen-bond donors (Lipinski definition) is 3. The third-order valence-corrected chi connectivity index (χ3v) is 3.58. The van der Waals surface area contributed by atoms with Gasteiger partial charge in [0.15, 0.2) is 5.03 Å². The molecule has 0 spiro atoms. The number of hydrogen-bond acceptors (Lipinski definition) is 6. The molecule has 0 aromatic carbocycles. The van der Waals surface area contributed by atoms with Gasteiger partial charge in [0.2, 0.25) is 0 Å². The zero-order valence-corrected chi connectivity index (χ0v) is 11.0. The van der Waals surface area contributed by atoms with Crippen LogP contribution in [-0.4, -0.2) is 48.3 Å². The summed E-state index contributed by atoms with van der Waals surface area (Å²) in [5.74, 6) is -2.21. The van der Waals surface area contributed by atoms with Gasteiger partial charge in [-0.2, -0.15) is 9.82 Å². The number of carbonyl (C=O) groups is 2. The summed E-state index contributed by atoms with van der Waals surface area (Å²) in [6.45, 7) is 2.79. The standard InChI is InChI=1S/C9H13N3O6S/c1-3-18-9(15)6-4-10-11-7(6)19(16,17)12-5(2)8(13)14/h4-5,12H,3H2,1-2H3,(H,10,11)(H,13,14). The minimum Gasteiger partial charge on any atom is -0.480 e. The number of ether oxygens (including phenoxy) is 1. The Morgan fingerprint density at radius 2 is 2.21 bits per heavy atom. The first kappa shape index (κ1) is 15.1. The number of H-pyrrole nitrogens is 1. The van der Waals surface area contributed by atoms with Crippen molar-refractivity contribution in [2.45, 2.75) is 24.9 Å². The quantitative estimate of drug-likeness (QED) is 0.591. The smallest absolute Gasteiger partial charge is 0.342 e. The highest BCUT2D eigenvalue weighted by atomic mass is 32.2. The van der Waals surface area contributed by atoms with Crippen LogP contribution in [-0.2, 0) is 19.6 Å². The molecule has 0 amide bonds. The third kappa shape index (κ3) is 3.51. The predicted molar refractivity (Wildman–Crippen MR) is 62.0 cm³/mol. The number of sulfonamides is 1. The summed E-state index contributed by atoms with van der Waals surface area (Å²) in [7, 11) is -4.20. The lowest BCUT2D eigenvalue weighted by Gasteiger charge is -2.09. The minimum atomic E-state index is -4.20. The number of esters is 1. The Bertz CT molecular complexity index is 579. The molecule has 1 aromatic rings. The van der Waals surface area contributed by atoms with Crippen LogP contribution >= 0.6 is 0 Å². The molecule has 1 unspecified atom stereocenters. The van der Waals surface area contributed by atoms with Gasteiger partial charge in [0.1, 0.15) is 11.6 Å². The van der Waals surface area contributed by atoms with E-state index < -0.39 is 33.0 Å². The third-order valence-electron chi connectivity index (χ3n) is 2.07. The first-order valence-electron chi connectivity index (χ1n) is 5.25. The van der Waals surface area contributed by atoms with Crippen LogP contribution in [0.3, 0.4) is 0 Å². The average Bonchev–Trinajstić information content (AvgIpc) is 2.78. The molecule has 0 aliphatic heterocycles.